The van der Waals surface area contributed by atoms with Gasteiger partial charge in [0.2, 0.25) is 0 Å². The number of rotatable bonds is 2. The van der Waals surface area contributed by atoms with Crippen LogP contribution in [-0.4, -0.2) is 11.1 Å². The molecule has 0 saturated heterocycles. The first-order valence-electron chi connectivity index (χ1n) is 4.19. The summed E-state index contributed by atoms with van der Waals surface area (Å²) in [6, 6.07) is 2.46. The number of nitrogens with two attached hydrogens (primary N) is 1. The molecule has 0 saturated carbocycles. The lowest BCUT2D eigenvalue weighted by Gasteiger charge is -2.14. The maximum Gasteiger partial charge on any atom is 0.325 e. The SMILES string of the molecule is Cc1ccc(Cl)c(C(N)C(=O)O)c1C. The van der Waals surface area contributed by atoms with Gasteiger partial charge in [-0.3, -0.25) is 4.79 Å². The molecule has 0 amide bonds. The van der Waals surface area contributed by atoms with Crippen LogP contribution in [0, 0.1) is 13.8 Å². The van der Waals surface area contributed by atoms with Crippen LogP contribution < -0.4 is 5.73 Å². The van der Waals surface area contributed by atoms with Crippen LogP contribution in [0.3, 0.4) is 0 Å². The standard InChI is InChI=1S/C10H12ClNO2/c1-5-3-4-7(11)8(6(5)2)9(12)10(13)14/h3-4,9H,12H2,1-2H3,(H,13,14). The third kappa shape index (κ3) is 1.89. The minimum absolute atomic E-state index is 0.406. The lowest BCUT2D eigenvalue weighted by Crippen LogP contribution is -2.22. The van der Waals surface area contributed by atoms with Crippen molar-refractivity contribution in [1.29, 1.82) is 0 Å². The number of hydrogen-bond acceptors (Lipinski definition) is 2. The van der Waals surface area contributed by atoms with E-state index >= 15 is 0 Å². The normalized spacial score (nSPS) is 12.6. The molecule has 1 unspecified atom stereocenters. The molecule has 0 bridgehead atoms. The molecular weight excluding hydrogens is 202 g/mol. The van der Waals surface area contributed by atoms with E-state index in [9.17, 15) is 4.79 Å². The van der Waals surface area contributed by atoms with Crippen LogP contribution in [0.25, 0.3) is 0 Å². The monoisotopic (exact) mass is 213 g/mol. The van der Waals surface area contributed by atoms with E-state index in [0.29, 0.717) is 10.6 Å². The Morgan fingerprint density at radius 3 is 2.57 bits per heavy atom. The summed E-state index contributed by atoms with van der Waals surface area (Å²) >= 11 is 5.90. The van der Waals surface area contributed by atoms with E-state index in [1.807, 2.05) is 19.9 Å². The summed E-state index contributed by atoms with van der Waals surface area (Å²) in [6.07, 6.45) is 0. The van der Waals surface area contributed by atoms with E-state index in [-0.39, 0.29) is 0 Å². The summed E-state index contributed by atoms with van der Waals surface area (Å²) in [5, 5.41) is 9.20. The molecule has 3 nitrogen and oxygen atoms in total. The molecule has 0 aliphatic rings. The van der Waals surface area contributed by atoms with Crippen molar-refractivity contribution in [2.45, 2.75) is 19.9 Å². The predicted molar refractivity (Wildman–Crippen MR) is 55.5 cm³/mol. The van der Waals surface area contributed by atoms with Crippen molar-refractivity contribution in [2.24, 2.45) is 5.73 Å². The Balaban J connectivity index is 3.32. The van der Waals surface area contributed by atoms with Crippen molar-refractivity contribution < 1.29 is 9.90 Å². The Labute approximate surface area is 87.5 Å². The second kappa shape index (κ2) is 3.98. The van der Waals surface area contributed by atoms with Gasteiger partial charge in [-0.25, -0.2) is 0 Å². The molecule has 0 fully saturated rings. The Hall–Kier alpha value is -1.06. The highest BCUT2D eigenvalue weighted by Gasteiger charge is 2.20. The van der Waals surface area contributed by atoms with Crippen LogP contribution in [0.4, 0.5) is 0 Å². The minimum Gasteiger partial charge on any atom is -0.480 e. The van der Waals surface area contributed by atoms with Gasteiger partial charge in [-0.05, 0) is 31.0 Å². The van der Waals surface area contributed by atoms with Crippen molar-refractivity contribution in [2.75, 3.05) is 0 Å². The van der Waals surface area contributed by atoms with E-state index in [0.717, 1.165) is 11.1 Å². The number of carboxylic acids is 1. The lowest BCUT2D eigenvalue weighted by atomic mass is 9.98. The summed E-state index contributed by atoms with van der Waals surface area (Å²) in [5.41, 5.74) is 7.85. The van der Waals surface area contributed by atoms with Gasteiger partial charge >= 0.3 is 5.97 Å². The maximum atomic E-state index is 10.7. The maximum absolute atomic E-state index is 10.7. The van der Waals surface area contributed by atoms with Crippen molar-refractivity contribution >= 4 is 17.6 Å². The molecule has 0 radical (unpaired) electrons. The predicted octanol–water partition coefficient (Wildman–Crippen LogP) is 2.04. The molecule has 14 heavy (non-hydrogen) atoms. The fraction of sp³-hybridized carbons (Fsp3) is 0.300. The number of halogens is 1. The molecule has 4 heteroatoms. The van der Waals surface area contributed by atoms with E-state index in [1.165, 1.54) is 0 Å². The highest BCUT2D eigenvalue weighted by Crippen LogP contribution is 2.27. The first kappa shape index (κ1) is 11.0. The zero-order chi connectivity index (χ0) is 10.9. The van der Waals surface area contributed by atoms with Crippen LogP contribution >= 0.6 is 11.6 Å². The summed E-state index contributed by atoms with van der Waals surface area (Å²) in [6.45, 7) is 3.71. The van der Waals surface area contributed by atoms with Crippen LogP contribution in [0.15, 0.2) is 12.1 Å². The molecule has 1 atom stereocenters. The van der Waals surface area contributed by atoms with Crippen molar-refractivity contribution in [3.8, 4) is 0 Å². The molecule has 0 heterocycles. The van der Waals surface area contributed by atoms with Crippen LogP contribution in [0.2, 0.25) is 5.02 Å². The van der Waals surface area contributed by atoms with Crippen molar-refractivity contribution in [3.63, 3.8) is 0 Å². The average molecular weight is 214 g/mol. The Morgan fingerprint density at radius 2 is 2.07 bits per heavy atom. The summed E-state index contributed by atoms with van der Waals surface area (Å²) in [5.74, 6) is -1.07. The highest BCUT2D eigenvalue weighted by molar-refractivity contribution is 6.31. The number of hydrogen-bond donors (Lipinski definition) is 2. The molecule has 0 aliphatic heterocycles. The van der Waals surface area contributed by atoms with Crippen LogP contribution in [-0.2, 0) is 4.79 Å². The topological polar surface area (TPSA) is 63.3 Å². The van der Waals surface area contributed by atoms with Gasteiger partial charge in [-0.2, -0.15) is 0 Å². The van der Waals surface area contributed by atoms with Gasteiger partial charge in [0.15, 0.2) is 0 Å². The number of carbonyl (C=O) groups is 1. The van der Waals surface area contributed by atoms with Crippen LogP contribution in [0.5, 0.6) is 0 Å². The molecule has 76 valence electrons. The van der Waals surface area contributed by atoms with Gasteiger partial charge in [0.05, 0.1) is 0 Å². The van der Waals surface area contributed by atoms with Gasteiger partial charge < -0.3 is 10.8 Å². The number of aryl methyl sites for hydroxylation is 1. The molecule has 1 aromatic rings. The molecule has 0 aromatic heterocycles. The number of aliphatic carboxylic acids is 1. The van der Waals surface area contributed by atoms with E-state index in [4.69, 9.17) is 22.4 Å². The Kier molecular flexibility index (Phi) is 3.13. The smallest absolute Gasteiger partial charge is 0.325 e. The van der Waals surface area contributed by atoms with Crippen molar-refractivity contribution in [1.82, 2.24) is 0 Å². The van der Waals surface area contributed by atoms with Crippen LogP contribution in [0.1, 0.15) is 22.7 Å². The minimum atomic E-state index is -1.07. The first-order valence-corrected chi connectivity index (χ1v) is 4.57. The fourth-order valence-corrected chi connectivity index (χ4v) is 1.63. The van der Waals surface area contributed by atoms with Crippen molar-refractivity contribution in [3.05, 3.63) is 33.8 Å². The quantitative estimate of drug-likeness (QED) is 0.790. The summed E-state index contributed by atoms with van der Waals surface area (Å²) in [7, 11) is 0. The van der Waals surface area contributed by atoms with Gasteiger partial charge in [-0.1, -0.05) is 17.7 Å². The fourth-order valence-electron chi connectivity index (χ4n) is 1.31. The Bertz CT molecular complexity index is 377. The summed E-state index contributed by atoms with van der Waals surface area (Å²) < 4.78 is 0. The van der Waals surface area contributed by atoms with E-state index < -0.39 is 12.0 Å². The first-order chi connectivity index (χ1) is 6.45. The second-order valence-electron chi connectivity index (χ2n) is 3.22. The third-order valence-corrected chi connectivity index (χ3v) is 2.64. The van der Waals surface area contributed by atoms with E-state index in [2.05, 4.69) is 0 Å². The zero-order valence-electron chi connectivity index (χ0n) is 8.04. The van der Waals surface area contributed by atoms with Gasteiger partial charge in [0.1, 0.15) is 6.04 Å². The van der Waals surface area contributed by atoms with E-state index in [1.54, 1.807) is 6.07 Å². The zero-order valence-corrected chi connectivity index (χ0v) is 8.80. The molecule has 0 spiro atoms. The number of benzene rings is 1. The summed E-state index contributed by atoms with van der Waals surface area (Å²) in [4.78, 5) is 10.7. The van der Waals surface area contributed by atoms with Gasteiger partial charge in [0.25, 0.3) is 0 Å². The molecule has 0 aliphatic carbocycles. The van der Waals surface area contributed by atoms with Gasteiger partial charge in [0, 0.05) is 10.6 Å². The largest absolute Gasteiger partial charge is 0.480 e. The molecule has 1 rings (SSSR count). The highest BCUT2D eigenvalue weighted by atomic mass is 35.5. The molecular formula is C10H12ClNO2. The van der Waals surface area contributed by atoms with Gasteiger partial charge in [-0.15, -0.1) is 0 Å². The second-order valence-corrected chi connectivity index (χ2v) is 3.63. The molecule has 3 N–H and O–H groups in total. The number of carboxylic acid groups (broad SMARTS) is 1. The Morgan fingerprint density at radius 1 is 1.50 bits per heavy atom. The average Bonchev–Trinajstić information content (AvgIpc) is 2.12. The molecule has 1 aromatic carbocycles. The third-order valence-electron chi connectivity index (χ3n) is 2.31. The lowest BCUT2D eigenvalue weighted by molar-refractivity contribution is -0.138.